The molecule has 3 rings (SSSR count). The Bertz CT molecular complexity index is 942. The van der Waals surface area contributed by atoms with Gasteiger partial charge in [-0.05, 0) is 43.0 Å². The van der Waals surface area contributed by atoms with E-state index in [-0.39, 0.29) is 10.8 Å². The maximum Gasteiger partial charge on any atom is 0.241 e. The molecule has 0 spiro atoms. The van der Waals surface area contributed by atoms with Crippen molar-refractivity contribution >= 4 is 27.7 Å². The van der Waals surface area contributed by atoms with Crippen LogP contribution in [0.2, 0.25) is 0 Å². The maximum atomic E-state index is 13.2. The molecule has 1 amide bonds. The van der Waals surface area contributed by atoms with Gasteiger partial charge in [0.15, 0.2) is 0 Å². The van der Waals surface area contributed by atoms with Crippen LogP contribution in [0.25, 0.3) is 0 Å². The number of thioether (sulfide) groups is 1. The Morgan fingerprint density at radius 1 is 1.03 bits per heavy atom. The number of piperazine rings is 1. The smallest absolute Gasteiger partial charge is 0.241 e. The molecular formula is C23H31N3O3S2. The van der Waals surface area contributed by atoms with E-state index in [0.717, 1.165) is 25.2 Å². The third-order valence-electron chi connectivity index (χ3n) is 5.47. The summed E-state index contributed by atoms with van der Waals surface area (Å²) in [6.45, 7) is 5.54. The molecule has 0 aromatic heterocycles. The highest BCUT2D eigenvalue weighted by Gasteiger charge is 2.30. The zero-order valence-electron chi connectivity index (χ0n) is 18.2. The summed E-state index contributed by atoms with van der Waals surface area (Å²) in [6.07, 6.45) is 2.42. The molecule has 1 fully saturated rings. The molecule has 1 heterocycles. The Hall–Kier alpha value is -1.87. The number of sulfonamides is 1. The number of rotatable bonds is 9. The van der Waals surface area contributed by atoms with Crippen molar-refractivity contribution in [2.24, 2.45) is 0 Å². The summed E-state index contributed by atoms with van der Waals surface area (Å²) < 4.78 is 28.4. The van der Waals surface area contributed by atoms with E-state index >= 15 is 0 Å². The highest BCUT2D eigenvalue weighted by Crippen LogP contribution is 2.15. The second-order valence-corrected chi connectivity index (χ2v) is 10.6. The lowest BCUT2D eigenvalue weighted by Gasteiger charge is -2.36. The standard InChI is InChI=1S/C23H31N3O3S2/c1-19-8-10-21(11-9-19)31(28,29)24-22(12-17-30-2)23(27)26-15-13-25(14-16-26)18-20-6-4-3-5-7-20/h3-11,22,24H,12-18H2,1-2H3. The molecule has 2 aromatic rings. The lowest BCUT2D eigenvalue weighted by molar-refractivity contribution is -0.134. The average Bonchev–Trinajstić information content (AvgIpc) is 2.77. The Labute approximate surface area is 190 Å². The molecular weight excluding hydrogens is 430 g/mol. The van der Waals surface area contributed by atoms with Crippen LogP contribution in [0.3, 0.4) is 0 Å². The van der Waals surface area contributed by atoms with Crippen LogP contribution >= 0.6 is 11.8 Å². The lowest BCUT2D eigenvalue weighted by atomic mass is 10.1. The van der Waals surface area contributed by atoms with Crippen molar-refractivity contribution in [3.63, 3.8) is 0 Å². The van der Waals surface area contributed by atoms with Crippen LogP contribution in [-0.4, -0.2) is 68.4 Å². The number of amides is 1. The minimum atomic E-state index is -3.76. The van der Waals surface area contributed by atoms with Crippen LogP contribution in [0.15, 0.2) is 59.5 Å². The second-order valence-electron chi connectivity index (χ2n) is 7.86. The van der Waals surface area contributed by atoms with E-state index in [0.29, 0.717) is 25.3 Å². The fourth-order valence-electron chi connectivity index (χ4n) is 3.63. The van der Waals surface area contributed by atoms with Crippen LogP contribution in [0.1, 0.15) is 17.5 Å². The van der Waals surface area contributed by atoms with Crippen LogP contribution in [-0.2, 0) is 21.4 Å². The largest absolute Gasteiger partial charge is 0.339 e. The molecule has 1 atom stereocenters. The van der Waals surface area contributed by atoms with Gasteiger partial charge in [0.1, 0.15) is 6.04 Å². The number of nitrogens with zero attached hydrogens (tertiary/aromatic N) is 2. The first-order valence-corrected chi connectivity index (χ1v) is 13.4. The van der Waals surface area contributed by atoms with Gasteiger partial charge >= 0.3 is 0 Å². The van der Waals surface area contributed by atoms with Gasteiger partial charge in [0.05, 0.1) is 4.90 Å². The molecule has 8 heteroatoms. The quantitative estimate of drug-likeness (QED) is 0.622. The first-order chi connectivity index (χ1) is 14.9. The highest BCUT2D eigenvalue weighted by atomic mass is 32.2. The highest BCUT2D eigenvalue weighted by molar-refractivity contribution is 7.98. The normalized spacial score (nSPS) is 16.3. The lowest BCUT2D eigenvalue weighted by Crippen LogP contribution is -2.54. The van der Waals surface area contributed by atoms with Gasteiger partial charge in [0.2, 0.25) is 15.9 Å². The summed E-state index contributed by atoms with van der Waals surface area (Å²) in [5.74, 6) is 0.574. The predicted molar refractivity (Wildman–Crippen MR) is 127 cm³/mol. The van der Waals surface area contributed by atoms with Crippen molar-refractivity contribution in [3.8, 4) is 0 Å². The van der Waals surface area contributed by atoms with Gasteiger partial charge in [0, 0.05) is 32.7 Å². The monoisotopic (exact) mass is 461 g/mol. The first kappa shape index (κ1) is 23.8. The van der Waals surface area contributed by atoms with Gasteiger partial charge in [-0.2, -0.15) is 16.5 Å². The fourth-order valence-corrected chi connectivity index (χ4v) is 5.32. The molecule has 0 saturated carbocycles. The minimum Gasteiger partial charge on any atom is -0.339 e. The molecule has 1 unspecified atom stereocenters. The number of carbonyl (C=O) groups is 1. The van der Waals surface area contributed by atoms with Crippen molar-refractivity contribution in [1.82, 2.24) is 14.5 Å². The van der Waals surface area contributed by atoms with Crippen LogP contribution in [0.4, 0.5) is 0 Å². The summed E-state index contributed by atoms with van der Waals surface area (Å²) in [5, 5.41) is 0. The van der Waals surface area contributed by atoms with Crippen molar-refractivity contribution in [3.05, 3.63) is 65.7 Å². The SMILES string of the molecule is CSCCC(NS(=O)(=O)c1ccc(C)cc1)C(=O)N1CCN(Cc2ccccc2)CC1. The molecule has 0 radical (unpaired) electrons. The molecule has 1 saturated heterocycles. The Morgan fingerprint density at radius 3 is 2.29 bits per heavy atom. The van der Waals surface area contributed by atoms with Crippen molar-refractivity contribution in [2.45, 2.75) is 30.8 Å². The average molecular weight is 462 g/mol. The van der Waals surface area contributed by atoms with Crippen LogP contribution in [0, 0.1) is 6.92 Å². The van der Waals surface area contributed by atoms with E-state index in [9.17, 15) is 13.2 Å². The maximum absolute atomic E-state index is 13.2. The number of benzene rings is 2. The van der Waals surface area contributed by atoms with Gasteiger partial charge in [0.25, 0.3) is 0 Å². The second kappa shape index (κ2) is 11.1. The predicted octanol–water partition coefficient (Wildman–Crippen LogP) is 2.74. The van der Waals surface area contributed by atoms with Gasteiger partial charge in [-0.1, -0.05) is 48.0 Å². The van der Waals surface area contributed by atoms with E-state index < -0.39 is 16.1 Å². The van der Waals surface area contributed by atoms with E-state index in [1.54, 1.807) is 40.9 Å². The number of hydrogen-bond acceptors (Lipinski definition) is 5. The minimum absolute atomic E-state index is 0.135. The summed E-state index contributed by atoms with van der Waals surface area (Å²) in [5.41, 5.74) is 2.24. The van der Waals surface area contributed by atoms with Gasteiger partial charge in [-0.25, -0.2) is 8.42 Å². The van der Waals surface area contributed by atoms with E-state index in [1.165, 1.54) is 5.56 Å². The molecule has 6 nitrogen and oxygen atoms in total. The van der Waals surface area contributed by atoms with E-state index in [1.807, 2.05) is 31.4 Å². The topological polar surface area (TPSA) is 69.7 Å². The number of carbonyl (C=O) groups excluding carboxylic acids is 1. The van der Waals surface area contributed by atoms with Gasteiger partial charge in [-0.15, -0.1) is 0 Å². The summed E-state index contributed by atoms with van der Waals surface area (Å²) in [6, 6.07) is 16.2. The molecule has 1 aliphatic heterocycles. The van der Waals surface area contributed by atoms with Gasteiger partial charge in [-0.3, -0.25) is 9.69 Å². The van der Waals surface area contributed by atoms with E-state index in [2.05, 4.69) is 21.8 Å². The summed E-state index contributed by atoms with van der Waals surface area (Å²) >= 11 is 1.61. The summed E-state index contributed by atoms with van der Waals surface area (Å²) in [7, 11) is -3.76. The van der Waals surface area contributed by atoms with Crippen LogP contribution in [0.5, 0.6) is 0 Å². The number of nitrogens with one attached hydrogen (secondary N) is 1. The number of aryl methyl sites for hydroxylation is 1. The summed E-state index contributed by atoms with van der Waals surface area (Å²) in [4.78, 5) is 17.5. The van der Waals surface area contributed by atoms with Gasteiger partial charge < -0.3 is 4.90 Å². The number of hydrogen-bond donors (Lipinski definition) is 1. The van der Waals surface area contributed by atoms with Crippen molar-refractivity contribution < 1.29 is 13.2 Å². The molecule has 0 bridgehead atoms. The van der Waals surface area contributed by atoms with Crippen molar-refractivity contribution in [2.75, 3.05) is 38.2 Å². The van der Waals surface area contributed by atoms with Crippen molar-refractivity contribution in [1.29, 1.82) is 0 Å². The first-order valence-electron chi connectivity index (χ1n) is 10.5. The molecule has 31 heavy (non-hydrogen) atoms. The third kappa shape index (κ3) is 6.80. The molecule has 1 aliphatic rings. The Morgan fingerprint density at radius 2 is 1.68 bits per heavy atom. The molecule has 0 aliphatic carbocycles. The molecule has 1 N–H and O–H groups in total. The zero-order chi connectivity index (χ0) is 22.3. The Balaban J connectivity index is 1.62. The van der Waals surface area contributed by atoms with Crippen LogP contribution < -0.4 is 4.72 Å². The fraction of sp³-hybridized carbons (Fsp3) is 0.435. The Kier molecular flexibility index (Phi) is 8.54. The molecule has 2 aromatic carbocycles. The zero-order valence-corrected chi connectivity index (χ0v) is 19.8. The van der Waals surface area contributed by atoms with E-state index in [4.69, 9.17) is 0 Å². The third-order valence-corrected chi connectivity index (χ3v) is 7.60. The molecule has 168 valence electrons.